The van der Waals surface area contributed by atoms with Crippen LogP contribution in [0, 0.1) is 19.8 Å². The molecule has 8 heteroatoms. The van der Waals surface area contributed by atoms with Crippen LogP contribution in [0.4, 0.5) is 10.5 Å². The number of carbonyl (C=O) groups excluding carboxylic acids is 4. The van der Waals surface area contributed by atoms with E-state index >= 15 is 0 Å². The van der Waals surface area contributed by atoms with Gasteiger partial charge >= 0.3 is 12.0 Å². The zero-order valence-electron chi connectivity index (χ0n) is 16.5. The quantitative estimate of drug-likeness (QED) is 0.573. The summed E-state index contributed by atoms with van der Waals surface area (Å²) in [7, 11) is 0. The van der Waals surface area contributed by atoms with E-state index in [1.54, 1.807) is 6.92 Å². The second-order valence-electron chi connectivity index (χ2n) is 7.74. The maximum Gasteiger partial charge on any atom is 0.327 e. The van der Waals surface area contributed by atoms with Gasteiger partial charge in [-0.1, -0.05) is 12.1 Å². The van der Waals surface area contributed by atoms with Crippen LogP contribution in [0.15, 0.2) is 18.2 Å². The second kappa shape index (κ2) is 7.26. The Morgan fingerprint density at radius 2 is 2.00 bits per heavy atom. The minimum absolute atomic E-state index is 0.104. The minimum atomic E-state index is -1.07. The third-order valence-electron chi connectivity index (χ3n) is 5.31. The van der Waals surface area contributed by atoms with Gasteiger partial charge in [0.25, 0.3) is 11.8 Å². The second-order valence-corrected chi connectivity index (χ2v) is 7.74. The molecule has 150 valence electrons. The third-order valence-corrected chi connectivity index (χ3v) is 5.31. The minimum Gasteiger partial charge on any atom is -0.451 e. The Morgan fingerprint density at radius 1 is 1.32 bits per heavy atom. The lowest BCUT2D eigenvalue weighted by molar-refractivity contribution is -0.155. The van der Waals surface area contributed by atoms with E-state index in [-0.39, 0.29) is 5.92 Å². The fourth-order valence-corrected chi connectivity index (χ4v) is 3.32. The number of anilines is 1. The van der Waals surface area contributed by atoms with Crippen molar-refractivity contribution in [2.75, 3.05) is 11.9 Å². The number of nitrogens with one attached hydrogen (secondary N) is 2. The summed E-state index contributed by atoms with van der Waals surface area (Å²) in [6, 6.07) is 5.04. The van der Waals surface area contributed by atoms with Gasteiger partial charge in [-0.05, 0) is 63.6 Å². The molecule has 1 aromatic carbocycles. The molecule has 1 aromatic rings. The number of rotatable bonds is 6. The van der Waals surface area contributed by atoms with E-state index in [1.165, 1.54) is 6.92 Å². The fourth-order valence-electron chi connectivity index (χ4n) is 3.32. The summed E-state index contributed by atoms with van der Waals surface area (Å²) in [5.41, 5.74) is 1.56. The Kier molecular flexibility index (Phi) is 5.14. The highest BCUT2D eigenvalue weighted by Crippen LogP contribution is 2.42. The van der Waals surface area contributed by atoms with Gasteiger partial charge in [0, 0.05) is 5.69 Å². The van der Waals surface area contributed by atoms with Crippen LogP contribution >= 0.6 is 0 Å². The summed E-state index contributed by atoms with van der Waals surface area (Å²) < 4.78 is 5.13. The van der Waals surface area contributed by atoms with E-state index < -0.39 is 42.0 Å². The number of carbonyl (C=O) groups is 4. The smallest absolute Gasteiger partial charge is 0.327 e. The number of urea groups is 1. The van der Waals surface area contributed by atoms with Crippen LogP contribution in [0.2, 0.25) is 0 Å². The number of amides is 4. The number of benzene rings is 1. The topological polar surface area (TPSA) is 105 Å². The summed E-state index contributed by atoms with van der Waals surface area (Å²) in [5, 5.41) is 5.40. The molecule has 1 heterocycles. The highest BCUT2D eigenvalue weighted by atomic mass is 16.5. The molecule has 2 N–H and O–H groups in total. The van der Waals surface area contributed by atoms with Crippen molar-refractivity contribution < 1.29 is 23.9 Å². The molecule has 28 heavy (non-hydrogen) atoms. The largest absolute Gasteiger partial charge is 0.451 e. The molecule has 8 nitrogen and oxygen atoms in total. The summed E-state index contributed by atoms with van der Waals surface area (Å²) in [5.74, 6) is -1.62. The number of imide groups is 1. The van der Waals surface area contributed by atoms with Gasteiger partial charge in [-0.15, -0.1) is 0 Å². The number of aryl methyl sites for hydroxylation is 2. The first-order valence-electron chi connectivity index (χ1n) is 9.33. The predicted octanol–water partition coefficient (Wildman–Crippen LogP) is 1.89. The molecule has 0 radical (unpaired) electrons. The molecule has 3 rings (SSSR count). The van der Waals surface area contributed by atoms with Crippen molar-refractivity contribution in [2.45, 2.75) is 52.2 Å². The van der Waals surface area contributed by atoms with Crippen molar-refractivity contribution in [3.8, 4) is 0 Å². The van der Waals surface area contributed by atoms with E-state index in [1.807, 2.05) is 32.0 Å². The first-order chi connectivity index (χ1) is 13.1. The summed E-state index contributed by atoms with van der Waals surface area (Å²) in [6.45, 7) is 6.37. The van der Waals surface area contributed by atoms with E-state index in [2.05, 4.69) is 10.6 Å². The molecule has 0 bridgehead atoms. The summed E-state index contributed by atoms with van der Waals surface area (Å²) >= 11 is 0. The number of ether oxygens (including phenoxy) is 1. The molecule has 1 saturated carbocycles. The third kappa shape index (κ3) is 3.85. The average Bonchev–Trinajstić information content (AvgIpc) is 3.44. The van der Waals surface area contributed by atoms with Crippen molar-refractivity contribution in [3.05, 3.63) is 29.3 Å². The number of nitrogens with zero attached hydrogens (tertiary/aromatic N) is 1. The van der Waals surface area contributed by atoms with Crippen molar-refractivity contribution in [1.29, 1.82) is 0 Å². The van der Waals surface area contributed by atoms with Crippen LogP contribution < -0.4 is 10.6 Å². The Labute approximate surface area is 163 Å². The Morgan fingerprint density at radius 3 is 2.64 bits per heavy atom. The van der Waals surface area contributed by atoms with Crippen molar-refractivity contribution in [2.24, 2.45) is 5.92 Å². The monoisotopic (exact) mass is 387 g/mol. The maximum atomic E-state index is 12.5. The lowest BCUT2D eigenvalue weighted by Crippen LogP contribution is -2.46. The van der Waals surface area contributed by atoms with Gasteiger partial charge in [0.1, 0.15) is 12.1 Å². The maximum absolute atomic E-state index is 12.5. The van der Waals surface area contributed by atoms with Crippen molar-refractivity contribution in [3.63, 3.8) is 0 Å². The normalized spacial score (nSPS) is 22.6. The Bertz CT molecular complexity index is 848. The standard InChI is InChI=1S/C20H25N3O5/c1-11-5-6-12(2)15(9-11)21-17(25)13(3)28-16(24)10-23-18(26)20(4,14-7-8-14)22-19(23)27/h5-6,9,13-14H,7-8,10H2,1-4H3,(H,21,25)(H,22,27)/t13-,20-/m1/s1. The fraction of sp³-hybridized carbons (Fsp3) is 0.500. The molecular formula is C20H25N3O5. The van der Waals surface area contributed by atoms with Crippen LogP contribution in [0.1, 0.15) is 37.8 Å². The number of hydrogen-bond donors (Lipinski definition) is 2. The number of hydrogen-bond acceptors (Lipinski definition) is 5. The van der Waals surface area contributed by atoms with E-state index in [0.717, 1.165) is 28.9 Å². The van der Waals surface area contributed by atoms with Crippen molar-refractivity contribution >= 4 is 29.5 Å². The highest BCUT2D eigenvalue weighted by molar-refractivity contribution is 6.09. The highest BCUT2D eigenvalue weighted by Gasteiger charge is 2.56. The van der Waals surface area contributed by atoms with E-state index in [4.69, 9.17) is 4.74 Å². The first-order valence-corrected chi connectivity index (χ1v) is 9.33. The van der Waals surface area contributed by atoms with Crippen molar-refractivity contribution in [1.82, 2.24) is 10.2 Å². The van der Waals surface area contributed by atoms with Gasteiger partial charge < -0.3 is 15.4 Å². The van der Waals surface area contributed by atoms with Gasteiger partial charge in [-0.25, -0.2) is 4.79 Å². The first kappa shape index (κ1) is 19.9. The molecule has 1 aliphatic carbocycles. The number of esters is 1. The van der Waals surface area contributed by atoms with Gasteiger partial charge in [0.05, 0.1) is 0 Å². The van der Waals surface area contributed by atoms with Gasteiger partial charge in [0.15, 0.2) is 6.10 Å². The summed E-state index contributed by atoms with van der Waals surface area (Å²) in [6.07, 6.45) is 0.676. The predicted molar refractivity (Wildman–Crippen MR) is 101 cm³/mol. The van der Waals surface area contributed by atoms with Crippen LogP contribution in [0.3, 0.4) is 0 Å². The van der Waals surface area contributed by atoms with Crippen LogP contribution in [0.5, 0.6) is 0 Å². The molecule has 0 spiro atoms. The van der Waals surface area contributed by atoms with Crippen LogP contribution in [0.25, 0.3) is 0 Å². The molecular weight excluding hydrogens is 362 g/mol. The molecule has 1 saturated heterocycles. The summed E-state index contributed by atoms with van der Waals surface area (Å²) in [4.78, 5) is 50.0. The zero-order chi connectivity index (χ0) is 20.6. The molecule has 2 aliphatic rings. The van der Waals surface area contributed by atoms with Crippen LogP contribution in [-0.2, 0) is 19.1 Å². The van der Waals surface area contributed by atoms with Gasteiger partial charge in [-0.3, -0.25) is 19.3 Å². The Hall–Kier alpha value is -2.90. The molecule has 0 aromatic heterocycles. The van der Waals surface area contributed by atoms with Gasteiger partial charge in [0.2, 0.25) is 0 Å². The van der Waals surface area contributed by atoms with Crippen LogP contribution in [-0.4, -0.2) is 46.9 Å². The lowest BCUT2D eigenvalue weighted by atomic mass is 9.96. The molecule has 1 aliphatic heterocycles. The molecule has 2 fully saturated rings. The van der Waals surface area contributed by atoms with E-state index in [0.29, 0.717) is 5.69 Å². The Balaban J connectivity index is 1.57. The average molecular weight is 387 g/mol. The van der Waals surface area contributed by atoms with Gasteiger partial charge in [-0.2, -0.15) is 0 Å². The lowest BCUT2D eigenvalue weighted by Gasteiger charge is -2.21. The SMILES string of the molecule is Cc1ccc(C)c(NC(=O)[C@@H](C)OC(=O)CN2C(=O)N[C@](C)(C3CC3)C2=O)c1. The molecule has 0 unspecified atom stereocenters. The van der Waals surface area contributed by atoms with E-state index in [9.17, 15) is 19.2 Å². The molecule has 4 amide bonds. The zero-order valence-corrected chi connectivity index (χ0v) is 16.5. The molecule has 2 atom stereocenters.